The van der Waals surface area contributed by atoms with Crippen molar-refractivity contribution in [1.82, 2.24) is 9.47 Å². The predicted molar refractivity (Wildman–Crippen MR) is 92.4 cm³/mol. The Morgan fingerprint density at radius 3 is 2.20 bits per heavy atom. The number of hydrogen-bond acceptors (Lipinski definition) is 3. The number of hydrogen-bond donors (Lipinski definition) is 0. The van der Waals surface area contributed by atoms with Crippen LogP contribution in [0.1, 0.15) is 61.7 Å². The summed E-state index contributed by atoms with van der Waals surface area (Å²) in [6, 6.07) is 1.74. The summed E-state index contributed by atoms with van der Waals surface area (Å²) in [6.07, 6.45) is 12.2. The number of likely N-dealkylation sites (tertiary alicyclic amines) is 1. The summed E-state index contributed by atoms with van der Waals surface area (Å²) >= 11 is 0. The van der Waals surface area contributed by atoms with E-state index in [1.807, 2.05) is 4.90 Å². The second-order valence-electron chi connectivity index (χ2n) is 8.78. The largest absolute Gasteiger partial charge is 0.442 e. The minimum Gasteiger partial charge on any atom is -0.442 e. The maximum absolute atomic E-state index is 12.7. The molecule has 0 atom stereocenters. The van der Waals surface area contributed by atoms with Crippen LogP contribution in [0.4, 0.5) is 4.79 Å². The van der Waals surface area contributed by atoms with E-state index in [1.54, 1.807) is 18.5 Å². The van der Waals surface area contributed by atoms with E-state index in [0.29, 0.717) is 5.56 Å². The number of ether oxygens (including phenoxy) is 1. The fourth-order valence-electron chi connectivity index (χ4n) is 6.13. The molecular weight excluding hydrogens is 316 g/mol. The first-order valence-electron chi connectivity index (χ1n) is 9.81. The summed E-state index contributed by atoms with van der Waals surface area (Å²) in [5.41, 5.74) is 0.347. The first kappa shape index (κ1) is 15.5. The van der Waals surface area contributed by atoms with E-state index in [9.17, 15) is 9.59 Å². The Balaban J connectivity index is 1.29. The molecule has 5 aliphatic rings. The standard InChI is InChI=1S/C20H26N2O3/c23-18(21-4-1-2-5-21)17-3-6-22(13-17)19(24)25-20-10-14-7-15(11-20)9-16(8-14)12-20/h3,6,13-16H,1-2,4-5,7-12H2. The average molecular weight is 342 g/mol. The summed E-state index contributed by atoms with van der Waals surface area (Å²) in [6.45, 7) is 1.64. The van der Waals surface area contributed by atoms with E-state index in [2.05, 4.69) is 0 Å². The van der Waals surface area contributed by atoms with Crippen molar-refractivity contribution in [3.8, 4) is 0 Å². The zero-order valence-electron chi connectivity index (χ0n) is 14.7. The molecule has 1 amide bonds. The Bertz CT molecular complexity index is 666. The van der Waals surface area contributed by atoms with Crippen molar-refractivity contribution < 1.29 is 14.3 Å². The molecule has 0 spiro atoms. The van der Waals surface area contributed by atoms with Crippen LogP contribution in [0, 0.1) is 17.8 Å². The molecule has 0 unspecified atom stereocenters. The Kier molecular flexibility index (Phi) is 3.47. The molecule has 6 rings (SSSR count). The van der Waals surface area contributed by atoms with Crippen molar-refractivity contribution in [2.45, 2.75) is 57.0 Å². The molecule has 1 aliphatic heterocycles. The molecule has 1 aromatic heterocycles. The van der Waals surface area contributed by atoms with Gasteiger partial charge in [0, 0.05) is 25.5 Å². The maximum Gasteiger partial charge on any atom is 0.418 e. The van der Waals surface area contributed by atoms with Gasteiger partial charge in [0.1, 0.15) is 5.60 Å². The van der Waals surface area contributed by atoms with Gasteiger partial charge in [0.15, 0.2) is 0 Å². The Morgan fingerprint density at radius 2 is 1.60 bits per heavy atom. The van der Waals surface area contributed by atoms with Crippen LogP contribution in [0.15, 0.2) is 18.5 Å². The van der Waals surface area contributed by atoms with E-state index in [1.165, 1.54) is 23.8 Å². The molecule has 1 saturated heterocycles. The highest BCUT2D eigenvalue weighted by Gasteiger charge is 2.53. The van der Waals surface area contributed by atoms with Gasteiger partial charge in [-0.3, -0.25) is 9.36 Å². The van der Waals surface area contributed by atoms with Crippen molar-refractivity contribution in [3.05, 3.63) is 24.0 Å². The summed E-state index contributed by atoms with van der Waals surface area (Å²) in [5.74, 6) is 2.27. The van der Waals surface area contributed by atoms with Crippen LogP contribution in [0.2, 0.25) is 0 Å². The summed E-state index contributed by atoms with van der Waals surface area (Å²) in [5, 5.41) is 0. The summed E-state index contributed by atoms with van der Waals surface area (Å²) < 4.78 is 7.51. The highest BCUT2D eigenvalue weighted by molar-refractivity contribution is 5.95. The van der Waals surface area contributed by atoms with E-state index in [4.69, 9.17) is 4.74 Å². The quantitative estimate of drug-likeness (QED) is 0.824. The maximum atomic E-state index is 12.7. The van der Waals surface area contributed by atoms with E-state index in [-0.39, 0.29) is 17.6 Å². The lowest BCUT2D eigenvalue weighted by molar-refractivity contribution is -0.127. The molecule has 25 heavy (non-hydrogen) atoms. The molecule has 5 nitrogen and oxygen atoms in total. The van der Waals surface area contributed by atoms with Gasteiger partial charge >= 0.3 is 6.09 Å². The minimum atomic E-state index is -0.317. The van der Waals surface area contributed by atoms with E-state index in [0.717, 1.165) is 62.9 Å². The first-order chi connectivity index (χ1) is 12.1. The van der Waals surface area contributed by atoms with Gasteiger partial charge in [-0.2, -0.15) is 0 Å². The van der Waals surface area contributed by atoms with Crippen LogP contribution in [-0.4, -0.2) is 40.2 Å². The van der Waals surface area contributed by atoms with Crippen LogP contribution in [0.5, 0.6) is 0 Å². The fourth-order valence-corrected chi connectivity index (χ4v) is 6.13. The van der Waals surface area contributed by atoms with Crippen molar-refractivity contribution in [2.75, 3.05) is 13.1 Å². The zero-order chi connectivity index (χ0) is 17.0. The fraction of sp³-hybridized carbons (Fsp3) is 0.700. The minimum absolute atomic E-state index is 0.0267. The van der Waals surface area contributed by atoms with Crippen LogP contribution in [-0.2, 0) is 4.74 Å². The number of amides is 1. The van der Waals surface area contributed by atoms with Gasteiger partial charge in [-0.25, -0.2) is 4.79 Å². The number of carbonyl (C=O) groups is 2. The molecule has 5 fully saturated rings. The molecule has 4 saturated carbocycles. The van der Waals surface area contributed by atoms with Crippen molar-refractivity contribution in [3.63, 3.8) is 0 Å². The lowest BCUT2D eigenvalue weighted by atomic mass is 9.54. The van der Waals surface area contributed by atoms with Crippen LogP contribution in [0.25, 0.3) is 0 Å². The van der Waals surface area contributed by atoms with Gasteiger partial charge < -0.3 is 9.64 Å². The molecule has 0 radical (unpaired) electrons. The molecule has 4 bridgehead atoms. The SMILES string of the molecule is O=C(c1ccn(C(=O)OC23CC4CC(CC(C4)C2)C3)c1)N1CCCC1. The Labute approximate surface area is 148 Å². The Hall–Kier alpha value is -1.78. The topological polar surface area (TPSA) is 51.5 Å². The summed E-state index contributed by atoms with van der Waals surface area (Å²) in [4.78, 5) is 27.0. The lowest BCUT2D eigenvalue weighted by Gasteiger charge is -2.55. The van der Waals surface area contributed by atoms with Crippen LogP contribution < -0.4 is 0 Å². The molecular formula is C20H26N2O3. The third-order valence-corrected chi connectivity index (χ3v) is 6.83. The lowest BCUT2D eigenvalue weighted by Crippen LogP contribution is -2.53. The number of nitrogens with zero attached hydrogens (tertiary/aromatic N) is 2. The predicted octanol–water partition coefficient (Wildman–Crippen LogP) is 3.68. The molecule has 2 heterocycles. The number of rotatable bonds is 2. The number of carbonyl (C=O) groups excluding carboxylic acids is 2. The Morgan fingerprint density at radius 1 is 1.00 bits per heavy atom. The normalized spacial score (nSPS) is 36.0. The average Bonchev–Trinajstić information content (AvgIpc) is 3.25. The highest BCUT2D eigenvalue weighted by atomic mass is 16.6. The molecule has 134 valence electrons. The number of aromatic nitrogens is 1. The second-order valence-corrected chi connectivity index (χ2v) is 8.78. The highest BCUT2D eigenvalue weighted by Crippen LogP contribution is 2.57. The van der Waals surface area contributed by atoms with E-state index < -0.39 is 0 Å². The first-order valence-corrected chi connectivity index (χ1v) is 9.81. The van der Waals surface area contributed by atoms with Crippen molar-refractivity contribution in [2.24, 2.45) is 17.8 Å². The van der Waals surface area contributed by atoms with Gasteiger partial charge in [0.2, 0.25) is 0 Å². The molecule has 0 aromatic carbocycles. The van der Waals surface area contributed by atoms with Gasteiger partial charge in [0.25, 0.3) is 5.91 Å². The molecule has 4 aliphatic carbocycles. The van der Waals surface area contributed by atoms with Crippen LogP contribution in [0.3, 0.4) is 0 Å². The molecule has 0 N–H and O–H groups in total. The summed E-state index contributed by atoms with van der Waals surface area (Å²) in [7, 11) is 0. The molecule has 5 heteroatoms. The monoisotopic (exact) mass is 342 g/mol. The van der Waals surface area contributed by atoms with Gasteiger partial charge in [-0.05, 0) is 75.2 Å². The third kappa shape index (κ3) is 2.68. The third-order valence-electron chi connectivity index (χ3n) is 6.83. The smallest absolute Gasteiger partial charge is 0.418 e. The van der Waals surface area contributed by atoms with Gasteiger partial charge in [-0.1, -0.05) is 0 Å². The zero-order valence-corrected chi connectivity index (χ0v) is 14.7. The van der Waals surface area contributed by atoms with Gasteiger partial charge in [-0.15, -0.1) is 0 Å². The molecule has 1 aromatic rings. The van der Waals surface area contributed by atoms with Crippen molar-refractivity contribution in [1.29, 1.82) is 0 Å². The van der Waals surface area contributed by atoms with Gasteiger partial charge in [0.05, 0.1) is 5.56 Å². The second kappa shape index (κ2) is 5.61. The van der Waals surface area contributed by atoms with Crippen molar-refractivity contribution >= 4 is 12.0 Å². The van der Waals surface area contributed by atoms with E-state index >= 15 is 0 Å². The van der Waals surface area contributed by atoms with Crippen LogP contribution >= 0.6 is 0 Å².